The molecule has 2 nitrogen and oxygen atoms in total. The molecule has 0 saturated carbocycles. The van der Waals surface area contributed by atoms with Gasteiger partial charge in [-0.05, 0) is 43.5 Å². The number of pyridine rings is 1. The summed E-state index contributed by atoms with van der Waals surface area (Å²) in [6.45, 7) is 4.17. The molecule has 0 aliphatic heterocycles. The molecule has 118 valence electrons. The Labute approximate surface area is 137 Å². The van der Waals surface area contributed by atoms with Crippen LogP contribution in [0.4, 0.5) is 0 Å². The molecule has 23 heavy (non-hydrogen) atoms. The van der Waals surface area contributed by atoms with Crippen molar-refractivity contribution in [1.82, 2.24) is 4.57 Å². The number of rotatable bonds is 5. The van der Waals surface area contributed by atoms with Crippen molar-refractivity contribution in [3.63, 3.8) is 0 Å². The average Bonchev–Trinajstić information content (AvgIpc) is 2.59. The summed E-state index contributed by atoms with van der Waals surface area (Å²) in [7, 11) is 0. The van der Waals surface area contributed by atoms with Gasteiger partial charge in [-0.25, -0.2) is 0 Å². The molecule has 0 spiro atoms. The number of aryl methyl sites for hydroxylation is 1. The summed E-state index contributed by atoms with van der Waals surface area (Å²) in [4.78, 5) is 13.0. The highest BCUT2D eigenvalue weighted by atomic mass is 16.1. The average molecular weight is 305 g/mol. The highest BCUT2D eigenvalue weighted by Crippen LogP contribution is 2.24. The van der Waals surface area contributed by atoms with E-state index in [1.54, 1.807) is 0 Å². The first kappa shape index (κ1) is 15.5. The van der Waals surface area contributed by atoms with Crippen molar-refractivity contribution >= 4 is 10.9 Å². The number of nitrogens with zero attached hydrogens (tertiary/aromatic N) is 1. The Morgan fingerprint density at radius 1 is 0.913 bits per heavy atom. The lowest BCUT2D eigenvalue weighted by molar-refractivity contribution is 0.716. The maximum atomic E-state index is 13.0. The number of fused-ring (bicyclic) bond motifs is 1. The summed E-state index contributed by atoms with van der Waals surface area (Å²) in [5.41, 5.74) is 4.12. The van der Waals surface area contributed by atoms with Gasteiger partial charge in [0, 0.05) is 16.6 Å². The zero-order chi connectivity index (χ0) is 16.2. The van der Waals surface area contributed by atoms with Crippen LogP contribution >= 0.6 is 0 Å². The summed E-state index contributed by atoms with van der Waals surface area (Å²) >= 11 is 0. The first-order chi connectivity index (χ1) is 11.2. The minimum atomic E-state index is 0.0985. The van der Waals surface area contributed by atoms with Crippen molar-refractivity contribution < 1.29 is 0 Å². The number of hydrogen-bond donors (Lipinski definition) is 0. The molecule has 2 heteroatoms. The van der Waals surface area contributed by atoms with Crippen LogP contribution in [0.5, 0.6) is 0 Å². The number of hydrogen-bond acceptors (Lipinski definition) is 1. The van der Waals surface area contributed by atoms with Gasteiger partial charge in [0.15, 0.2) is 0 Å². The zero-order valence-electron chi connectivity index (χ0n) is 13.9. The predicted octanol–water partition coefficient (Wildman–Crippen LogP) is 5.03. The van der Waals surface area contributed by atoms with E-state index >= 15 is 0 Å². The van der Waals surface area contributed by atoms with Crippen molar-refractivity contribution in [2.24, 2.45) is 0 Å². The molecule has 3 rings (SSSR count). The molecule has 0 bridgehead atoms. The van der Waals surface area contributed by atoms with Crippen LogP contribution in [0, 0.1) is 6.92 Å². The first-order valence-corrected chi connectivity index (χ1v) is 8.42. The van der Waals surface area contributed by atoms with Gasteiger partial charge >= 0.3 is 0 Å². The highest BCUT2D eigenvalue weighted by Gasteiger charge is 2.14. The lowest BCUT2D eigenvalue weighted by Gasteiger charge is -2.16. The molecule has 1 heterocycles. The molecular formula is C21H23NO. The topological polar surface area (TPSA) is 22.0 Å². The molecule has 0 atom stereocenters. The van der Waals surface area contributed by atoms with Gasteiger partial charge in [0.25, 0.3) is 5.56 Å². The number of aromatic nitrogens is 1. The van der Waals surface area contributed by atoms with Gasteiger partial charge in [-0.15, -0.1) is 0 Å². The monoisotopic (exact) mass is 305 g/mol. The first-order valence-electron chi connectivity index (χ1n) is 8.42. The Bertz CT molecular complexity index is 862. The molecule has 0 amide bonds. The molecule has 0 radical (unpaired) electrons. The summed E-state index contributed by atoms with van der Waals surface area (Å²) in [5, 5.41) is 1.20. The fourth-order valence-electron chi connectivity index (χ4n) is 3.24. The fourth-order valence-corrected chi connectivity index (χ4v) is 3.24. The van der Waals surface area contributed by atoms with Crippen molar-refractivity contribution in [3.8, 4) is 5.69 Å². The molecule has 0 unspecified atom stereocenters. The van der Waals surface area contributed by atoms with E-state index < -0.39 is 0 Å². The maximum absolute atomic E-state index is 13.0. The molecular weight excluding hydrogens is 282 g/mol. The molecule has 1 aromatic heterocycles. The maximum Gasteiger partial charge on any atom is 0.258 e. The van der Waals surface area contributed by atoms with E-state index in [-0.39, 0.29) is 5.56 Å². The second-order valence-electron chi connectivity index (χ2n) is 6.05. The number of unbranched alkanes of at least 4 members (excludes halogenated alkanes) is 2. The highest BCUT2D eigenvalue weighted by molar-refractivity contribution is 5.85. The minimum Gasteiger partial charge on any atom is -0.277 e. The Hall–Kier alpha value is -2.35. The molecule has 0 saturated heterocycles. The van der Waals surface area contributed by atoms with Crippen LogP contribution < -0.4 is 5.56 Å². The van der Waals surface area contributed by atoms with Gasteiger partial charge in [-0.1, -0.05) is 56.2 Å². The van der Waals surface area contributed by atoms with Crippen LogP contribution in [-0.2, 0) is 6.42 Å². The van der Waals surface area contributed by atoms with Crippen LogP contribution in [0.25, 0.3) is 16.6 Å². The van der Waals surface area contributed by atoms with Gasteiger partial charge in [0.1, 0.15) is 0 Å². The van der Waals surface area contributed by atoms with E-state index in [2.05, 4.69) is 19.1 Å². The molecule has 0 aliphatic rings. The third-order valence-corrected chi connectivity index (χ3v) is 4.49. The standard InChI is InChI=1S/C21H23NO/c1-3-4-6-13-18-16(2)21(23)22(17-11-7-5-8-12-17)20-15-10-9-14-19(18)20/h5,7-12,14-15H,3-4,6,13H2,1-2H3. The quantitative estimate of drug-likeness (QED) is 0.606. The summed E-state index contributed by atoms with van der Waals surface area (Å²) in [6, 6.07) is 18.2. The fraction of sp³-hybridized carbons (Fsp3) is 0.286. The van der Waals surface area contributed by atoms with Crippen molar-refractivity contribution in [2.45, 2.75) is 39.5 Å². The van der Waals surface area contributed by atoms with E-state index in [1.807, 2.05) is 54.0 Å². The van der Waals surface area contributed by atoms with Crippen LogP contribution in [-0.4, -0.2) is 4.57 Å². The second-order valence-corrected chi connectivity index (χ2v) is 6.05. The van der Waals surface area contributed by atoms with Crippen molar-refractivity contribution in [3.05, 3.63) is 76.1 Å². The molecule has 0 fully saturated rings. The lowest BCUT2D eigenvalue weighted by Crippen LogP contribution is -2.23. The minimum absolute atomic E-state index is 0.0985. The third kappa shape index (κ3) is 2.94. The van der Waals surface area contributed by atoms with Crippen molar-refractivity contribution in [1.29, 1.82) is 0 Å². The van der Waals surface area contributed by atoms with Gasteiger partial charge in [0.05, 0.1) is 5.52 Å². The van der Waals surface area contributed by atoms with Gasteiger partial charge < -0.3 is 0 Å². The van der Waals surface area contributed by atoms with E-state index in [1.165, 1.54) is 23.8 Å². The zero-order valence-corrected chi connectivity index (χ0v) is 13.9. The van der Waals surface area contributed by atoms with Crippen LogP contribution in [0.3, 0.4) is 0 Å². The van der Waals surface area contributed by atoms with Gasteiger partial charge in [-0.2, -0.15) is 0 Å². The Balaban J connectivity index is 2.26. The Morgan fingerprint density at radius 2 is 1.61 bits per heavy atom. The van der Waals surface area contributed by atoms with Crippen LogP contribution in [0.1, 0.15) is 37.3 Å². The summed E-state index contributed by atoms with van der Waals surface area (Å²) in [6.07, 6.45) is 4.51. The predicted molar refractivity (Wildman–Crippen MR) is 97.5 cm³/mol. The van der Waals surface area contributed by atoms with E-state index in [4.69, 9.17) is 0 Å². The molecule has 3 aromatic rings. The second kappa shape index (κ2) is 6.82. The number of benzene rings is 2. The lowest BCUT2D eigenvalue weighted by atomic mass is 9.98. The smallest absolute Gasteiger partial charge is 0.258 e. The molecule has 0 aliphatic carbocycles. The van der Waals surface area contributed by atoms with E-state index in [0.29, 0.717) is 0 Å². The van der Waals surface area contributed by atoms with E-state index in [9.17, 15) is 4.79 Å². The third-order valence-electron chi connectivity index (χ3n) is 4.49. The number of para-hydroxylation sites is 2. The van der Waals surface area contributed by atoms with Gasteiger partial charge in [0.2, 0.25) is 0 Å². The SMILES string of the molecule is CCCCCc1c(C)c(=O)n(-c2ccccc2)c2ccccc12. The largest absolute Gasteiger partial charge is 0.277 e. The summed E-state index contributed by atoms with van der Waals surface area (Å²) in [5.74, 6) is 0. The molecule has 2 aromatic carbocycles. The Morgan fingerprint density at radius 3 is 2.35 bits per heavy atom. The van der Waals surface area contributed by atoms with Crippen molar-refractivity contribution in [2.75, 3.05) is 0 Å². The Kier molecular flexibility index (Phi) is 4.61. The molecule has 0 N–H and O–H groups in total. The van der Waals surface area contributed by atoms with Crippen LogP contribution in [0.15, 0.2) is 59.4 Å². The van der Waals surface area contributed by atoms with E-state index in [0.717, 1.165) is 29.6 Å². The van der Waals surface area contributed by atoms with Gasteiger partial charge in [-0.3, -0.25) is 9.36 Å². The normalized spacial score (nSPS) is 11.0. The summed E-state index contributed by atoms with van der Waals surface area (Å²) < 4.78 is 1.84. The van der Waals surface area contributed by atoms with Crippen LogP contribution in [0.2, 0.25) is 0 Å².